The first kappa shape index (κ1) is 21.2. The van der Waals surface area contributed by atoms with Crippen LogP contribution < -0.4 is 19.5 Å². The van der Waals surface area contributed by atoms with Crippen LogP contribution >= 0.6 is 0 Å². The Morgan fingerprint density at radius 2 is 1.87 bits per heavy atom. The molecule has 1 N–H and O–H groups in total. The van der Waals surface area contributed by atoms with Crippen molar-refractivity contribution in [2.24, 2.45) is 0 Å². The average molecular weight is 410 g/mol. The highest BCUT2D eigenvalue weighted by Gasteiger charge is 2.19. The fourth-order valence-electron chi connectivity index (χ4n) is 2.94. The summed E-state index contributed by atoms with van der Waals surface area (Å²) in [5, 5.41) is 2.70. The van der Waals surface area contributed by atoms with Crippen LogP contribution in [0.4, 0.5) is 0 Å². The van der Waals surface area contributed by atoms with Crippen molar-refractivity contribution in [1.29, 1.82) is 0 Å². The van der Waals surface area contributed by atoms with Crippen molar-refractivity contribution < 1.29 is 23.8 Å². The average Bonchev–Trinajstić information content (AvgIpc) is 2.77. The van der Waals surface area contributed by atoms with Gasteiger partial charge in [0.1, 0.15) is 19.0 Å². The lowest BCUT2D eigenvalue weighted by Gasteiger charge is -2.25. The number of benzene rings is 2. The normalized spacial score (nSPS) is 13.8. The third-order valence-corrected chi connectivity index (χ3v) is 4.39. The molecule has 1 heterocycles. The molecule has 0 spiro atoms. The molecule has 2 aromatic rings. The number of ether oxygens (including phenoxy) is 3. The Morgan fingerprint density at radius 1 is 1.07 bits per heavy atom. The maximum absolute atomic E-state index is 12.3. The van der Waals surface area contributed by atoms with Gasteiger partial charge in [-0.15, -0.1) is 0 Å². The van der Waals surface area contributed by atoms with Crippen LogP contribution in [0.25, 0.3) is 6.08 Å². The Hall–Kier alpha value is -3.48. The minimum Gasteiger partial charge on any atom is -0.490 e. The van der Waals surface area contributed by atoms with E-state index in [0.717, 1.165) is 11.3 Å². The molecule has 0 saturated carbocycles. The number of hydrogen-bond donors (Lipinski definition) is 1. The zero-order chi connectivity index (χ0) is 21.2. The van der Waals surface area contributed by atoms with Crippen molar-refractivity contribution in [3.05, 3.63) is 60.2 Å². The van der Waals surface area contributed by atoms with E-state index >= 15 is 0 Å². The van der Waals surface area contributed by atoms with E-state index in [1.54, 1.807) is 6.08 Å². The highest BCUT2D eigenvalue weighted by molar-refractivity contribution is 5.95. The molecule has 1 fully saturated rings. The lowest BCUT2D eigenvalue weighted by atomic mass is 10.2. The zero-order valence-corrected chi connectivity index (χ0v) is 17.0. The fraction of sp³-hybridized carbons (Fsp3) is 0.304. The van der Waals surface area contributed by atoms with Gasteiger partial charge in [-0.3, -0.25) is 9.59 Å². The van der Waals surface area contributed by atoms with Crippen LogP contribution in [0.15, 0.2) is 54.6 Å². The number of carbonyl (C=O) groups is 2. The molecule has 7 nitrogen and oxygen atoms in total. The van der Waals surface area contributed by atoms with E-state index in [1.165, 1.54) is 11.0 Å². The van der Waals surface area contributed by atoms with Gasteiger partial charge in [-0.1, -0.05) is 24.3 Å². The highest BCUT2D eigenvalue weighted by Crippen LogP contribution is 2.29. The number of nitrogens with one attached hydrogen (secondary N) is 1. The van der Waals surface area contributed by atoms with Crippen molar-refractivity contribution in [2.45, 2.75) is 6.92 Å². The lowest BCUT2D eigenvalue weighted by Crippen LogP contribution is -2.49. The van der Waals surface area contributed by atoms with Crippen LogP contribution in [0.3, 0.4) is 0 Å². The monoisotopic (exact) mass is 410 g/mol. The van der Waals surface area contributed by atoms with Crippen LogP contribution in [0.1, 0.15) is 12.5 Å². The Kier molecular flexibility index (Phi) is 7.71. The zero-order valence-electron chi connectivity index (χ0n) is 17.0. The van der Waals surface area contributed by atoms with Crippen LogP contribution in [-0.2, 0) is 9.59 Å². The molecule has 0 bridgehead atoms. The summed E-state index contributed by atoms with van der Waals surface area (Å²) in [5.74, 6) is 1.68. The lowest BCUT2D eigenvalue weighted by molar-refractivity contribution is -0.134. The van der Waals surface area contributed by atoms with Crippen molar-refractivity contribution >= 4 is 17.9 Å². The van der Waals surface area contributed by atoms with Gasteiger partial charge in [0.15, 0.2) is 11.5 Å². The molecule has 30 heavy (non-hydrogen) atoms. The Morgan fingerprint density at radius 3 is 2.63 bits per heavy atom. The molecule has 0 radical (unpaired) electrons. The molecule has 0 atom stereocenters. The molecule has 1 saturated heterocycles. The predicted molar refractivity (Wildman–Crippen MR) is 114 cm³/mol. The minimum absolute atomic E-state index is 0.0885. The molecule has 7 heteroatoms. The van der Waals surface area contributed by atoms with Gasteiger partial charge in [0, 0.05) is 19.2 Å². The number of rotatable bonds is 9. The van der Waals surface area contributed by atoms with Crippen LogP contribution in [0.5, 0.6) is 17.2 Å². The van der Waals surface area contributed by atoms with Crippen molar-refractivity contribution in [3.8, 4) is 17.2 Å². The standard InChI is InChI=1S/C23H26N2O5/c1-2-28-21-16-18(9-11-23(27)25-13-12-24-22(26)17-25)8-10-20(21)30-15-14-29-19-6-4-3-5-7-19/h3-11,16H,2,12-15,17H2,1H3,(H,24,26). The second-order valence-electron chi connectivity index (χ2n) is 6.59. The third kappa shape index (κ3) is 6.27. The summed E-state index contributed by atoms with van der Waals surface area (Å²) in [5.41, 5.74) is 0.807. The molecular formula is C23H26N2O5. The van der Waals surface area contributed by atoms with Gasteiger partial charge in [0.2, 0.25) is 11.8 Å². The van der Waals surface area contributed by atoms with Crippen molar-refractivity contribution in [2.75, 3.05) is 39.5 Å². The van der Waals surface area contributed by atoms with Gasteiger partial charge >= 0.3 is 0 Å². The first-order valence-electron chi connectivity index (χ1n) is 9.97. The summed E-state index contributed by atoms with van der Waals surface area (Å²) in [4.78, 5) is 25.2. The maximum atomic E-state index is 12.3. The molecule has 3 rings (SSSR count). The molecule has 0 unspecified atom stereocenters. The second-order valence-corrected chi connectivity index (χ2v) is 6.59. The van der Waals surface area contributed by atoms with E-state index in [0.29, 0.717) is 44.4 Å². The van der Waals surface area contributed by atoms with Crippen LogP contribution in [0, 0.1) is 0 Å². The number of amides is 2. The number of piperazine rings is 1. The Labute approximate surface area is 176 Å². The summed E-state index contributed by atoms with van der Waals surface area (Å²) < 4.78 is 17.1. The van der Waals surface area contributed by atoms with Crippen LogP contribution in [0.2, 0.25) is 0 Å². The number of para-hydroxylation sites is 1. The summed E-state index contributed by atoms with van der Waals surface area (Å²) in [7, 11) is 0. The summed E-state index contributed by atoms with van der Waals surface area (Å²) in [6.07, 6.45) is 3.18. The first-order valence-corrected chi connectivity index (χ1v) is 9.97. The highest BCUT2D eigenvalue weighted by atomic mass is 16.5. The minimum atomic E-state index is -0.193. The summed E-state index contributed by atoms with van der Waals surface area (Å²) in [6, 6.07) is 15.0. The van der Waals surface area contributed by atoms with Gasteiger partial charge in [-0.05, 0) is 42.8 Å². The SMILES string of the molecule is CCOc1cc(C=CC(=O)N2CCNC(=O)C2)ccc1OCCOc1ccccc1. The van der Waals surface area contributed by atoms with Gasteiger partial charge in [-0.25, -0.2) is 0 Å². The molecular weight excluding hydrogens is 384 g/mol. The first-order chi connectivity index (χ1) is 14.7. The van der Waals surface area contributed by atoms with Gasteiger partial charge in [0.05, 0.1) is 13.2 Å². The Balaban J connectivity index is 1.57. The van der Waals surface area contributed by atoms with E-state index in [4.69, 9.17) is 14.2 Å². The van der Waals surface area contributed by atoms with Crippen LogP contribution in [-0.4, -0.2) is 56.2 Å². The molecule has 0 aromatic heterocycles. The van der Waals surface area contributed by atoms with Crippen molar-refractivity contribution in [3.63, 3.8) is 0 Å². The van der Waals surface area contributed by atoms with E-state index < -0.39 is 0 Å². The molecule has 1 aliphatic rings. The molecule has 158 valence electrons. The van der Waals surface area contributed by atoms with Gasteiger partial charge in [-0.2, -0.15) is 0 Å². The second kappa shape index (κ2) is 10.9. The van der Waals surface area contributed by atoms with E-state index in [2.05, 4.69) is 5.32 Å². The predicted octanol–water partition coefficient (Wildman–Crippen LogP) is 2.51. The fourth-order valence-corrected chi connectivity index (χ4v) is 2.94. The number of carbonyl (C=O) groups excluding carboxylic acids is 2. The third-order valence-electron chi connectivity index (χ3n) is 4.39. The molecule has 0 aliphatic carbocycles. The molecule has 2 aromatic carbocycles. The van der Waals surface area contributed by atoms with Gasteiger partial charge < -0.3 is 24.4 Å². The maximum Gasteiger partial charge on any atom is 0.247 e. The van der Waals surface area contributed by atoms with Gasteiger partial charge in [0.25, 0.3) is 0 Å². The topological polar surface area (TPSA) is 77.1 Å². The van der Waals surface area contributed by atoms with E-state index in [1.807, 2.05) is 55.5 Å². The smallest absolute Gasteiger partial charge is 0.247 e. The van der Waals surface area contributed by atoms with E-state index in [9.17, 15) is 9.59 Å². The molecule has 1 aliphatic heterocycles. The van der Waals surface area contributed by atoms with E-state index in [-0.39, 0.29) is 18.4 Å². The summed E-state index contributed by atoms with van der Waals surface area (Å²) in [6.45, 7) is 4.26. The number of nitrogens with zero attached hydrogens (tertiary/aromatic N) is 1. The van der Waals surface area contributed by atoms with Crippen molar-refractivity contribution in [1.82, 2.24) is 10.2 Å². The molecule has 2 amide bonds. The number of hydrogen-bond acceptors (Lipinski definition) is 5. The largest absolute Gasteiger partial charge is 0.490 e. The quantitative estimate of drug-likeness (QED) is 0.508. The Bertz CT molecular complexity index is 882. The summed E-state index contributed by atoms with van der Waals surface area (Å²) >= 11 is 0.